The van der Waals surface area contributed by atoms with Crippen molar-refractivity contribution >= 4 is 0 Å². The van der Waals surface area contributed by atoms with Crippen molar-refractivity contribution < 1.29 is 0 Å². The lowest BCUT2D eigenvalue weighted by molar-refractivity contribution is 1.07. The molecule has 2 N–H and O–H groups in total. The van der Waals surface area contributed by atoms with Gasteiger partial charge in [0.2, 0.25) is 0 Å². The van der Waals surface area contributed by atoms with Gasteiger partial charge < -0.3 is 5.73 Å². The van der Waals surface area contributed by atoms with Gasteiger partial charge in [-0.2, -0.15) is 0 Å². The van der Waals surface area contributed by atoms with Gasteiger partial charge in [0, 0.05) is 12.5 Å². The summed E-state index contributed by atoms with van der Waals surface area (Å²) in [5.41, 5.74) is 6.64. The monoisotopic (exact) mass is 173 g/mol. The van der Waals surface area contributed by atoms with Gasteiger partial charge in [-0.3, -0.25) is 0 Å². The maximum atomic E-state index is 5.39. The largest absolute Gasteiger partial charge is 0.327 e. The number of hydrogen-bond donors (Lipinski definition) is 1. The Morgan fingerprint density at radius 1 is 1.31 bits per heavy atom. The van der Waals surface area contributed by atoms with Crippen LogP contribution in [0.2, 0.25) is 0 Å². The van der Waals surface area contributed by atoms with E-state index in [0.717, 1.165) is 0 Å². The van der Waals surface area contributed by atoms with Crippen LogP contribution in [0, 0.1) is 0 Å². The molecule has 0 aromatic heterocycles. The van der Waals surface area contributed by atoms with Crippen molar-refractivity contribution in [3.05, 3.63) is 60.7 Å². The third-order valence-corrected chi connectivity index (χ3v) is 1.92. The van der Waals surface area contributed by atoms with Crippen LogP contribution in [0.25, 0.3) is 0 Å². The van der Waals surface area contributed by atoms with Crippen LogP contribution in [0.15, 0.2) is 55.1 Å². The Kier molecular flexibility index (Phi) is 4.00. The van der Waals surface area contributed by atoms with E-state index in [4.69, 9.17) is 5.73 Å². The first-order chi connectivity index (χ1) is 6.38. The van der Waals surface area contributed by atoms with Gasteiger partial charge >= 0.3 is 0 Å². The van der Waals surface area contributed by atoms with Crippen molar-refractivity contribution in [3.8, 4) is 0 Å². The summed E-state index contributed by atoms with van der Waals surface area (Å²) in [7, 11) is 0. The Bertz CT molecular complexity index is 274. The predicted octanol–water partition coefficient (Wildman–Crippen LogP) is 2.47. The van der Waals surface area contributed by atoms with Crippen molar-refractivity contribution in [1.82, 2.24) is 0 Å². The zero-order valence-corrected chi connectivity index (χ0v) is 7.69. The van der Waals surface area contributed by atoms with Gasteiger partial charge in [0.1, 0.15) is 0 Å². The molecule has 0 spiro atoms. The van der Waals surface area contributed by atoms with E-state index in [1.807, 2.05) is 30.4 Å². The zero-order chi connectivity index (χ0) is 9.52. The number of benzene rings is 1. The Balaban J connectivity index is 2.78. The highest BCUT2D eigenvalue weighted by molar-refractivity contribution is 5.27. The molecule has 1 aromatic rings. The van der Waals surface area contributed by atoms with E-state index in [1.165, 1.54) is 5.56 Å². The topological polar surface area (TPSA) is 26.0 Å². The Labute approximate surface area is 79.6 Å². The highest BCUT2D eigenvalue weighted by atomic mass is 14.5. The minimum atomic E-state index is 0.282. The number of allylic oxidation sites excluding steroid dienone is 2. The fourth-order valence-electron chi connectivity index (χ4n) is 1.23. The summed E-state index contributed by atoms with van der Waals surface area (Å²) in [6.45, 7) is 4.38. The number of nitrogens with two attached hydrogens (primary N) is 1. The molecule has 1 heteroatoms. The first-order valence-corrected chi connectivity index (χ1v) is 4.42. The summed E-state index contributed by atoms with van der Waals surface area (Å²) >= 11 is 0. The highest BCUT2D eigenvalue weighted by Gasteiger charge is 2.00. The summed E-state index contributed by atoms with van der Waals surface area (Å²) in [4.78, 5) is 0. The Hall–Kier alpha value is -1.34. The van der Waals surface area contributed by atoms with E-state index in [1.54, 1.807) is 0 Å². The van der Waals surface area contributed by atoms with Crippen LogP contribution in [0.5, 0.6) is 0 Å². The maximum absolute atomic E-state index is 5.39. The summed E-state index contributed by atoms with van der Waals surface area (Å²) in [6.07, 6.45) is 5.95. The Morgan fingerprint density at radius 2 is 2.00 bits per heavy atom. The van der Waals surface area contributed by atoms with Crippen molar-refractivity contribution in [1.29, 1.82) is 0 Å². The SMILES string of the molecule is C=CC(C=CCN)c1ccccc1. The van der Waals surface area contributed by atoms with Gasteiger partial charge in [0.25, 0.3) is 0 Å². The maximum Gasteiger partial charge on any atom is 0.0196 e. The molecule has 0 fully saturated rings. The first-order valence-electron chi connectivity index (χ1n) is 4.42. The van der Waals surface area contributed by atoms with E-state index in [0.29, 0.717) is 6.54 Å². The van der Waals surface area contributed by atoms with Crippen LogP contribution in [0.3, 0.4) is 0 Å². The molecule has 1 unspecified atom stereocenters. The zero-order valence-electron chi connectivity index (χ0n) is 7.69. The predicted molar refractivity (Wildman–Crippen MR) is 57.6 cm³/mol. The fourth-order valence-corrected chi connectivity index (χ4v) is 1.23. The van der Waals surface area contributed by atoms with Gasteiger partial charge in [-0.05, 0) is 5.56 Å². The molecular formula is C12H15N. The van der Waals surface area contributed by atoms with Crippen molar-refractivity contribution in [2.24, 2.45) is 5.73 Å². The summed E-state index contributed by atoms with van der Waals surface area (Å²) < 4.78 is 0. The standard InChI is InChI=1S/C12H15N/c1-2-11(9-6-10-13)12-7-4-3-5-8-12/h2-9,11H,1,10,13H2. The lowest BCUT2D eigenvalue weighted by atomic mass is 9.99. The molecule has 68 valence electrons. The van der Waals surface area contributed by atoms with Crippen molar-refractivity contribution in [2.45, 2.75) is 5.92 Å². The van der Waals surface area contributed by atoms with Crippen LogP contribution < -0.4 is 5.73 Å². The fraction of sp³-hybridized carbons (Fsp3) is 0.167. The highest BCUT2D eigenvalue weighted by Crippen LogP contribution is 2.17. The van der Waals surface area contributed by atoms with E-state index in [9.17, 15) is 0 Å². The molecule has 1 rings (SSSR count). The number of hydrogen-bond acceptors (Lipinski definition) is 1. The van der Waals surface area contributed by atoms with Crippen LogP contribution in [0.1, 0.15) is 11.5 Å². The Morgan fingerprint density at radius 3 is 2.54 bits per heavy atom. The molecule has 0 bridgehead atoms. The second kappa shape index (κ2) is 5.33. The molecule has 0 saturated carbocycles. The van der Waals surface area contributed by atoms with E-state index >= 15 is 0 Å². The summed E-state index contributed by atoms with van der Waals surface area (Å²) in [6, 6.07) is 10.3. The molecule has 1 atom stereocenters. The second-order valence-corrected chi connectivity index (χ2v) is 2.84. The average molecular weight is 173 g/mol. The van der Waals surface area contributed by atoms with Crippen LogP contribution in [-0.2, 0) is 0 Å². The van der Waals surface area contributed by atoms with Gasteiger partial charge in [-0.25, -0.2) is 0 Å². The molecule has 0 aliphatic heterocycles. The first kappa shape index (κ1) is 9.75. The van der Waals surface area contributed by atoms with Gasteiger partial charge in [0.15, 0.2) is 0 Å². The third kappa shape index (κ3) is 2.88. The molecule has 1 aromatic carbocycles. The van der Waals surface area contributed by atoms with Gasteiger partial charge in [-0.1, -0.05) is 48.6 Å². The molecule has 1 nitrogen and oxygen atoms in total. The quantitative estimate of drug-likeness (QED) is 0.695. The molecule has 0 amide bonds. The van der Waals surface area contributed by atoms with Crippen molar-refractivity contribution in [2.75, 3.05) is 6.54 Å². The summed E-state index contributed by atoms with van der Waals surface area (Å²) in [5, 5.41) is 0. The number of rotatable bonds is 4. The average Bonchev–Trinajstić information content (AvgIpc) is 2.21. The molecule has 0 aliphatic rings. The van der Waals surface area contributed by atoms with Crippen LogP contribution in [0.4, 0.5) is 0 Å². The lowest BCUT2D eigenvalue weighted by Gasteiger charge is -2.06. The van der Waals surface area contributed by atoms with Crippen LogP contribution >= 0.6 is 0 Å². The molecule has 13 heavy (non-hydrogen) atoms. The van der Waals surface area contributed by atoms with E-state index < -0.39 is 0 Å². The van der Waals surface area contributed by atoms with Gasteiger partial charge in [-0.15, -0.1) is 6.58 Å². The molecule has 0 aliphatic carbocycles. The summed E-state index contributed by atoms with van der Waals surface area (Å²) in [5.74, 6) is 0.282. The molecule has 0 heterocycles. The lowest BCUT2D eigenvalue weighted by Crippen LogP contribution is -1.95. The van der Waals surface area contributed by atoms with Crippen molar-refractivity contribution in [3.63, 3.8) is 0 Å². The molecule has 0 radical (unpaired) electrons. The van der Waals surface area contributed by atoms with E-state index in [2.05, 4.69) is 24.8 Å². The molecule has 0 saturated heterocycles. The molecular weight excluding hydrogens is 158 g/mol. The van der Waals surface area contributed by atoms with Gasteiger partial charge in [0.05, 0.1) is 0 Å². The normalized spacial score (nSPS) is 13.0. The van der Waals surface area contributed by atoms with Crippen LogP contribution in [-0.4, -0.2) is 6.54 Å². The second-order valence-electron chi connectivity index (χ2n) is 2.84. The van der Waals surface area contributed by atoms with E-state index in [-0.39, 0.29) is 5.92 Å². The third-order valence-electron chi connectivity index (χ3n) is 1.92. The smallest absolute Gasteiger partial charge is 0.0196 e. The minimum Gasteiger partial charge on any atom is -0.327 e. The minimum absolute atomic E-state index is 0.282.